The summed E-state index contributed by atoms with van der Waals surface area (Å²) in [6.45, 7) is 16.1. The lowest BCUT2D eigenvalue weighted by Crippen LogP contribution is -2.53. The molecule has 0 saturated heterocycles. The molecule has 73 heavy (non-hydrogen) atoms. The molecule has 3 aliphatic rings. The van der Waals surface area contributed by atoms with Gasteiger partial charge in [0.1, 0.15) is 22.6 Å². The summed E-state index contributed by atoms with van der Waals surface area (Å²) in [5, 5.41) is 8.09. The van der Waals surface area contributed by atoms with Crippen molar-refractivity contribution in [3.8, 4) is 0 Å². The van der Waals surface area contributed by atoms with Gasteiger partial charge in [-0.15, -0.1) is 0 Å². The van der Waals surface area contributed by atoms with E-state index in [-0.39, 0.29) is 35.0 Å². The summed E-state index contributed by atoms with van der Waals surface area (Å²) in [7, 11) is -13.6. The van der Waals surface area contributed by atoms with Gasteiger partial charge < -0.3 is 20.3 Å². The predicted octanol–water partition coefficient (Wildman–Crippen LogP) is 8.35. The van der Waals surface area contributed by atoms with Gasteiger partial charge in [-0.3, -0.25) is 23.2 Å². The molecule has 1 unspecified atom stereocenters. The zero-order valence-electron chi connectivity index (χ0n) is 42.5. The second-order valence-corrected chi connectivity index (χ2v) is 24.7. The lowest BCUT2D eigenvalue weighted by atomic mass is 9.70. The molecule has 1 atom stereocenters. The number of carbonyl (C=O) groups excluding carboxylic acids is 3. The number of unbranched alkanes of at least 4 members (excludes halogenated alkanes) is 2. The van der Waals surface area contributed by atoms with Crippen LogP contribution in [0.3, 0.4) is 0 Å². The number of nitrogens with one attached hydrogen (secondary N) is 2. The number of hydrogen-bond acceptors (Lipinski definition) is 10. The number of carbonyl (C=O) groups is 3. The summed E-state index contributed by atoms with van der Waals surface area (Å²) >= 11 is 0. The van der Waals surface area contributed by atoms with Crippen LogP contribution in [-0.2, 0) is 55.6 Å². The van der Waals surface area contributed by atoms with Crippen LogP contribution in [0, 0.1) is 12.3 Å². The van der Waals surface area contributed by atoms with Crippen LogP contribution in [0.4, 0.5) is 11.4 Å². The van der Waals surface area contributed by atoms with Crippen LogP contribution in [-0.4, -0.2) is 98.7 Å². The van der Waals surface area contributed by atoms with Crippen molar-refractivity contribution in [1.29, 1.82) is 0 Å². The largest absolute Gasteiger partial charge is 0.355 e. The number of Topliss-reactive ketones (excluding diaryl/α,β-unsaturated/α-hetero) is 1. The number of amides is 2. The summed E-state index contributed by atoms with van der Waals surface area (Å²) < 4.78 is 106. The van der Waals surface area contributed by atoms with E-state index in [9.17, 15) is 53.3 Å². The Kier molecular flexibility index (Phi) is 15.4. The minimum atomic E-state index is -4.55. The van der Waals surface area contributed by atoms with Crippen molar-refractivity contribution < 1.29 is 57.9 Å². The first-order chi connectivity index (χ1) is 34.1. The summed E-state index contributed by atoms with van der Waals surface area (Å²) in [6.07, 6.45) is 11.4. The third-order valence-electron chi connectivity index (χ3n) is 14.5. The quantitative estimate of drug-likeness (QED) is 0.0273. The molecule has 2 amide bonds. The topological polar surface area (TPSA) is 245 Å². The number of fused-ring (bicyclic) bond motifs is 6. The van der Waals surface area contributed by atoms with Crippen LogP contribution >= 0.6 is 0 Å². The summed E-state index contributed by atoms with van der Waals surface area (Å²) in [4.78, 5) is 42.8. The Bertz CT molecular complexity index is 3480. The summed E-state index contributed by atoms with van der Waals surface area (Å²) in [5.41, 5.74) is 3.54. The molecule has 0 saturated carbocycles. The van der Waals surface area contributed by atoms with Gasteiger partial charge in [0, 0.05) is 65.9 Å². The van der Waals surface area contributed by atoms with Gasteiger partial charge >= 0.3 is 0 Å². The van der Waals surface area contributed by atoms with E-state index in [0.717, 1.165) is 39.3 Å². The van der Waals surface area contributed by atoms with Gasteiger partial charge in [-0.05, 0) is 142 Å². The lowest BCUT2D eigenvalue weighted by Gasteiger charge is -2.35. The monoisotopic (exact) mass is 1060 g/mol. The minimum Gasteiger partial charge on any atom is -0.355 e. The number of likely N-dealkylation sites (N-methyl/N-ethyl adjacent to an activating group) is 1. The molecule has 390 valence electrons. The van der Waals surface area contributed by atoms with E-state index >= 15 is 0 Å². The fourth-order valence-electron chi connectivity index (χ4n) is 11.1. The van der Waals surface area contributed by atoms with Crippen molar-refractivity contribution in [1.82, 2.24) is 10.6 Å². The second-order valence-electron chi connectivity index (χ2n) is 20.3. The highest BCUT2D eigenvalue weighted by atomic mass is 32.2. The van der Waals surface area contributed by atoms with E-state index < -0.39 is 70.7 Å². The highest BCUT2D eigenvalue weighted by Gasteiger charge is 2.49. The van der Waals surface area contributed by atoms with Crippen molar-refractivity contribution >= 4 is 86.6 Å². The van der Waals surface area contributed by atoms with Crippen molar-refractivity contribution in [3.63, 3.8) is 0 Å². The lowest BCUT2D eigenvalue weighted by molar-refractivity contribution is -0.433. The minimum absolute atomic E-state index is 0.0554. The average molecular weight is 1060 g/mol. The van der Waals surface area contributed by atoms with Gasteiger partial charge in [0.2, 0.25) is 17.5 Å². The van der Waals surface area contributed by atoms with E-state index in [1.807, 2.05) is 96.2 Å². The molecule has 0 fully saturated rings. The van der Waals surface area contributed by atoms with Gasteiger partial charge in [0.15, 0.2) is 5.71 Å². The molecule has 0 radical (unpaired) electrons. The smallest absolute Gasteiger partial charge is 0.295 e. The van der Waals surface area contributed by atoms with Crippen molar-refractivity contribution in [2.45, 2.75) is 115 Å². The molecule has 0 bridgehead atoms. The molecule has 16 nitrogen and oxygen atoms in total. The number of ketones is 1. The first kappa shape index (κ1) is 54.9. The van der Waals surface area contributed by atoms with Crippen LogP contribution in [0.15, 0.2) is 112 Å². The number of rotatable bonds is 18. The maximum atomic E-state index is 14.8. The Morgan fingerprint density at radius 2 is 1.42 bits per heavy atom. The number of hydrogen-bond donors (Lipinski definition) is 5. The fourth-order valence-corrected chi connectivity index (χ4v) is 12.8. The van der Waals surface area contributed by atoms with Crippen LogP contribution in [0.25, 0.3) is 21.5 Å². The van der Waals surface area contributed by atoms with Crippen molar-refractivity contribution in [2.24, 2.45) is 5.41 Å². The Hall–Kier alpha value is -5.83. The fraction of sp³-hybridized carbons (Fsp3) is 0.407. The summed E-state index contributed by atoms with van der Waals surface area (Å²) in [6, 6.07) is 15.1. The Balaban J connectivity index is 1.37. The SMILES string of the molecule is CCN1/C(=C/C=C2C=C(/C=C/C3=[N+](CC)c4ccc5c(C)cc(S(=O)(=O)O)cc5c4C3(C)C)CC(C(=O)NCCCCCC(C)=O)(C(=O)NCCS(=O)(=O)O)C/2)C(C)(C)c2c1ccc1c(S(=O)(=O)O)cccc21. The highest BCUT2D eigenvalue weighted by molar-refractivity contribution is 7.86. The van der Waals surface area contributed by atoms with Crippen molar-refractivity contribution in [3.05, 3.63) is 119 Å². The Labute approximate surface area is 428 Å². The van der Waals surface area contributed by atoms with Crippen molar-refractivity contribution in [2.75, 3.05) is 36.8 Å². The van der Waals surface area contributed by atoms with Gasteiger partial charge in [0.05, 0.1) is 16.1 Å². The van der Waals surface area contributed by atoms with Gasteiger partial charge in [-0.2, -0.15) is 29.8 Å². The Morgan fingerprint density at radius 3 is 2.05 bits per heavy atom. The molecule has 2 heterocycles. The third-order valence-corrected chi connectivity index (χ3v) is 17.0. The highest BCUT2D eigenvalue weighted by Crippen LogP contribution is 2.52. The normalized spacial score (nSPS) is 19.8. The van der Waals surface area contributed by atoms with E-state index in [1.54, 1.807) is 19.1 Å². The Morgan fingerprint density at radius 1 is 0.740 bits per heavy atom. The molecule has 4 aromatic rings. The molecule has 2 aliphatic heterocycles. The first-order valence-corrected chi connectivity index (χ1v) is 28.9. The van der Waals surface area contributed by atoms with Crippen LogP contribution in [0.2, 0.25) is 0 Å². The first-order valence-electron chi connectivity index (χ1n) is 24.4. The predicted molar refractivity (Wildman–Crippen MR) is 283 cm³/mol. The molecule has 0 aromatic heterocycles. The molecule has 19 heteroatoms. The number of allylic oxidation sites excluding steroid dienone is 8. The maximum absolute atomic E-state index is 14.8. The zero-order valence-corrected chi connectivity index (χ0v) is 44.9. The number of benzene rings is 4. The number of anilines is 1. The van der Waals surface area contributed by atoms with Crippen LogP contribution < -0.4 is 15.5 Å². The van der Waals surface area contributed by atoms with E-state index in [4.69, 9.17) is 0 Å². The molecular weight excluding hydrogens is 993 g/mol. The van der Waals surface area contributed by atoms with E-state index in [0.29, 0.717) is 71.6 Å². The second kappa shape index (κ2) is 20.5. The molecule has 7 rings (SSSR count). The van der Waals surface area contributed by atoms with Gasteiger partial charge in [-0.25, -0.2) is 0 Å². The van der Waals surface area contributed by atoms with Gasteiger partial charge in [0.25, 0.3) is 30.4 Å². The standard InChI is InChI=1S/C54H64N4O12S3/c1-9-57-43-23-21-40-41(16-14-17-45(40)73(68,69)70)48(43)52(5,6)46(57)24-18-36-30-37(33-54(32-36,51(61)56-27-28-71(62,63)64)50(60)55-26-13-11-12-15-35(4)59)19-25-47-53(7,8)49-42-31-38(72(65,66)67)29-34(3)39(42)20-22-44(49)58(47)10-2/h14,16-25,29-31H,9-13,15,26-28,32-33H2,1-8H3,(H4-,55,56,60,61,62,63,64,65,66,67,68,69,70)/p+1. The van der Waals surface area contributed by atoms with Crippen LogP contribution in [0.5, 0.6) is 0 Å². The number of nitrogens with zero attached hydrogens (tertiary/aromatic N) is 2. The molecule has 1 aliphatic carbocycles. The van der Waals surface area contributed by atoms with E-state index in [2.05, 4.69) is 20.1 Å². The van der Waals surface area contributed by atoms with Crippen LogP contribution in [0.1, 0.15) is 104 Å². The molecular formula is C54H65N4O12S3+. The third kappa shape index (κ3) is 10.9. The molecule has 4 aromatic carbocycles. The maximum Gasteiger partial charge on any atom is 0.295 e. The van der Waals surface area contributed by atoms with E-state index in [1.165, 1.54) is 25.1 Å². The average Bonchev–Trinajstić information content (AvgIpc) is 3.67. The zero-order chi connectivity index (χ0) is 53.6. The summed E-state index contributed by atoms with van der Waals surface area (Å²) in [5.74, 6) is -2.08. The molecule has 5 N–H and O–H groups in total. The van der Waals surface area contributed by atoms with Gasteiger partial charge in [-0.1, -0.05) is 56.7 Å². The number of aryl methyl sites for hydroxylation is 1. The molecule has 0 spiro atoms.